The topological polar surface area (TPSA) is 406 Å². The average molecular weight is 928 g/mol. The number of aliphatic hydroxyl groups excluding tert-OH is 4. The number of nitrogens with zero attached hydrogens (tertiary/aromatic N) is 6. The molecular formula is C28H35ClN10O18P3+. The Hall–Kier alpha value is -4.15. The summed E-state index contributed by atoms with van der Waals surface area (Å²) < 4.78 is 75.9. The minimum Gasteiger partial charge on any atom is -0.461 e. The Labute approximate surface area is 339 Å². The normalized spacial score (nSPS) is 28.4. The van der Waals surface area contributed by atoms with Gasteiger partial charge < -0.3 is 66.1 Å². The average Bonchev–Trinajstić information content (AvgIpc) is 3.88. The number of aliphatic hydroxyl groups is 4. The van der Waals surface area contributed by atoms with E-state index < -0.39 is 91.3 Å². The van der Waals surface area contributed by atoms with Crippen molar-refractivity contribution in [1.82, 2.24) is 29.4 Å². The highest BCUT2D eigenvalue weighted by Crippen LogP contribution is 2.68. The lowest BCUT2D eigenvalue weighted by molar-refractivity contribution is -0.746. The number of aliphatic imine (C=N–C) groups is 1. The molecule has 60 heavy (non-hydrogen) atoms. The third-order valence-electron chi connectivity index (χ3n) is 8.87. The number of nitrogens with two attached hydrogens (primary N) is 2. The number of anilines is 1. The largest absolute Gasteiger partial charge is 0.490 e. The highest BCUT2D eigenvalue weighted by atomic mass is 35.5. The van der Waals surface area contributed by atoms with Crippen molar-refractivity contribution >= 4 is 69.7 Å². The summed E-state index contributed by atoms with van der Waals surface area (Å²) in [4.78, 5) is 57.9. The van der Waals surface area contributed by atoms with Gasteiger partial charge in [-0.2, -0.15) is 13.6 Å². The molecule has 0 amide bonds. The second kappa shape index (κ2) is 16.6. The summed E-state index contributed by atoms with van der Waals surface area (Å²) in [7, 11) is -17.5. The standard InChI is InChI=1S/C28H34ClN10O18P3/c1-11-16-22(34-27(30)33-11)38(8-32-16)25-20(42)18(40)14(54-25)6-52-58(45,46)56-60(49,50)57-59(47,48)53-7-15-19(41)21(43)26(55-15)39-9-37(10-51-13-4-2-12(29)3-5-13)17-23(39)35-28(31)36-24(17)44/h2-5,8-9,14-15,18-21,25-26,40-43H,1,6-7,10H2,(H8-,30,31,33,34,35,36,44,45,46,47,48,49,50)/p+1/t14?,15-,18-,19-,20-,21-,25-,26?/m1/s1. The fourth-order valence-corrected chi connectivity index (χ4v) is 9.85. The first-order valence-corrected chi connectivity index (χ1v) is 21.8. The second-order valence-electron chi connectivity index (χ2n) is 13.0. The molecule has 0 saturated carbocycles. The Kier molecular flexibility index (Phi) is 12.2. The van der Waals surface area contributed by atoms with E-state index in [9.17, 15) is 53.6 Å². The highest BCUT2D eigenvalue weighted by Gasteiger charge is 2.50. The highest BCUT2D eigenvalue weighted by molar-refractivity contribution is 7.66. The third-order valence-corrected chi connectivity index (χ3v) is 13.4. The van der Waals surface area contributed by atoms with Gasteiger partial charge in [0.15, 0.2) is 24.3 Å². The first-order chi connectivity index (χ1) is 28.1. The van der Waals surface area contributed by atoms with Gasteiger partial charge in [-0.15, -0.1) is 0 Å². The molecule has 28 nitrogen and oxygen atoms in total. The molecule has 2 saturated heterocycles. The SMILES string of the molecule is C=C1NC(N)=Nc2c1ncn2[C@@H]1OC(COP(=O)(O)OP(=O)(O)OP(=O)(O)OC[C@H]2OC([n+]3cn(COc4ccc(Cl)cc4)c4c(=O)[nH]c(N)nc43)[C@H](O)[C@@H]2O)[C@@H](O)[C@H]1O. The first kappa shape index (κ1) is 43.9. The van der Waals surface area contributed by atoms with E-state index in [1.165, 1.54) is 21.8 Å². The van der Waals surface area contributed by atoms with Crippen molar-refractivity contribution in [3.05, 3.63) is 64.6 Å². The van der Waals surface area contributed by atoms with Crippen LogP contribution in [0.2, 0.25) is 5.02 Å². The molecule has 13 N–H and O–H groups in total. The van der Waals surface area contributed by atoms with E-state index >= 15 is 0 Å². The van der Waals surface area contributed by atoms with Crippen LogP contribution >= 0.6 is 35.1 Å². The maximum absolute atomic E-state index is 12.9. The number of phosphoric ester groups is 2. The fourth-order valence-electron chi connectivity index (χ4n) is 6.20. The van der Waals surface area contributed by atoms with Crippen molar-refractivity contribution in [2.75, 3.05) is 18.9 Å². The number of nitrogens with one attached hydrogen (secondary N) is 2. The van der Waals surface area contributed by atoms with Crippen LogP contribution in [0.3, 0.4) is 0 Å². The number of hydrogen-bond donors (Lipinski definition) is 11. The monoisotopic (exact) mass is 927 g/mol. The van der Waals surface area contributed by atoms with Gasteiger partial charge in [-0.05, 0) is 24.3 Å². The lowest BCUT2D eigenvalue weighted by atomic mass is 10.1. The molecule has 4 aromatic rings. The molecule has 3 aliphatic heterocycles. The Balaban J connectivity index is 0.956. The number of aromatic amines is 1. The van der Waals surface area contributed by atoms with Crippen LogP contribution in [0.5, 0.6) is 5.75 Å². The molecule has 6 heterocycles. The predicted octanol–water partition coefficient (Wildman–Crippen LogP) is -1.69. The molecule has 0 radical (unpaired) electrons. The van der Waals surface area contributed by atoms with Crippen LogP contribution in [-0.4, -0.2) is 115 Å². The lowest BCUT2D eigenvalue weighted by Gasteiger charge is -2.21. The van der Waals surface area contributed by atoms with E-state index in [2.05, 4.69) is 49.5 Å². The summed E-state index contributed by atoms with van der Waals surface area (Å²) in [5.74, 6) is 0.0594. The van der Waals surface area contributed by atoms with E-state index in [0.29, 0.717) is 10.8 Å². The first-order valence-electron chi connectivity index (χ1n) is 16.9. The number of rotatable bonds is 15. The molecule has 0 spiro atoms. The smallest absolute Gasteiger partial charge is 0.461 e. The van der Waals surface area contributed by atoms with Crippen molar-refractivity contribution in [3.63, 3.8) is 0 Å². The summed E-state index contributed by atoms with van der Waals surface area (Å²) in [6.45, 7) is 1.28. The zero-order valence-electron chi connectivity index (χ0n) is 30.1. The lowest BCUT2D eigenvalue weighted by Crippen LogP contribution is -2.46. The van der Waals surface area contributed by atoms with E-state index in [4.69, 9.17) is 37.3 Å². The zero-order valence-corrected chi connectivity index (χ0v) is 33.5. The summed E-state index contributed by atoms with van der Waals surface area (Å²) in [6.07, 6.45) is -10.9. The molecule has 7 rings (SSSR count). The number of benzene rings is 1. The molecule has 2 fully saturated rings. The van der Waals surface area contributed by atoms with Gasteiger partial charge in [0.2, 0.25) is 18.5 Å². The van der Waals surface area contributed by atoms with Gasteiger partial charge in [0.25, 0.3) is 11.5 Å². The van der Waals surface area contributed by atoms with Crippen LogP contribution in [0, 0.1) is 0 Å². The zero-order chi connectivity index (χ0) is 43.5. The third kappa shape index (κ3) is 9.20. The predicted molar refractivity (Wildman–Crippen MR) is 198 cm³/mol. The van der Waals surface area contributed by atoms with Crippen LogP contribution in [0.25, 0.3) is 16.9 Å². The van der Waals surface area contributed by atoms with Gasteiger partial charge in [0, 0.05) is 5.02 Å². The van der Waals surface area contributed by atoms with Gasteiger partial charge in [-0.3, -0.25) is 23.4 Å². The second-order valence-corrected chi connectivity index (χ2v) is 18.1. The van der Waals surface area contributed by atoms with Crippen molar-refractivity contribution in [2.45, 2.75) is 55.8 Å². The Morgan fingerprint density at radius 2 is 1.53 bits per heavy atom. The van der Waals surface area contributed by atoms with Gasteiger partial charge in [0.1, 0.15) is 48.1 Å². The Morgan fingerprint density at radius 1 is 0.917 bits per heavy atom. The van der Waals surface area contributed by atoms with Crippen molar-refractivity contribution in [2.24, 2.45) is 10.7 Å². The summed E-state index contributed by atoms with van der Waals surface area (Å²) >= 11 is 5.91. The fraction of sp³-hybridized carbons (Fsp3) is 0.393. The van der Waals surface area contributed by atoms with E-state index in [-0.39, 0.29) is 47.0 Å². The summed E-state index contributed by atoms with van der Waals surface area (Å²) in [6, 6.07) is 6.26. The number of halogens is 1. The number of ether oxygens (including phenoxy) is 3. The number of fused-ring (bicyclic) bond motifs is 2. The van der Waals surface area contributed by atoms with Crippen LogP contribution in [0.4, 0.5) is 11.8 Å². The number of guanidine groups is 1. The maximum Gasteiger partial charge on any atom is 0.490 e. The Morgan fingerprint density at radius 3 is 2.18 bits per heavy atom. The number of hydrogen-bond acceptors (Lipinski definition) is 21. The quantitative estimate of drug-likeness (QED) is 0.0468. The van der Waals surface area contributed by atoms with Gasteiger partial charge in [-0.1, -0.05) is 23.2 Å². The van der Waals surface area contributed by atoms with Crippen LogP contribution < -0.4 is 31.6 Å². The Bertz CT molecular complexity index is 2540. The number of phosphoric acid groups is 3. The molecule has 5 unspecified atom stereocenters. The van der Waals surface area contributed by atoms with E-state index in [1.807, 2.05) is 0 Å². The van der Waals surface area contributed by atoms with E-state index in [0.717, 1.165) is 4.57 Å². The van der Waals surface area contributed by atoms with Gasteiger partial charge in [-0.25, -0.2) is 27.8 Å². The summed E-state index contributed by atoms with van der Waals surface area (Å²) in [5.41, 5.74) is 11.0. The van der Waals surface area contributed by atoms with Crippen molar-refractivity contribution in [1.29, 1.82) is 0 Å². The number of imidazole rings is 2. The number of aromatic nitrogens is 6. The molecule has 0 bridgehead atoms. The minimum atomic E-state index is -6.03. The number of H-pyrrole nitrogens is 1. The molecule has 326 valence electrons. The molecule has 0 aliphatic carbocycles. The molecule has 1 aromatic carbocycles. The van der Waals surface area contributed by atoms with E-state index in [1.54, 1.807) is 24.3 Å². The summed E-state index contributed by atoms with van der Waals surface area (Å²) in [5, 5.41) is 45.9. The van der Waals surface area contributed by atoms with Crippen molar-refractivity contribution < 1.29 is 85.2 Å². The van der Waals surface area contributed by atoms with Crippen LogP contribution in [-0.2, 0) is 47.6 Å². The minimum absolute atomic E-state index is 0.0666. The molecular weight excluding hydrogens is 893 g/mol. The molecule has 32 heteroatoms. The van der Waals surface area contributed by atoms with Crippen LogP contribution in [0.1, 0.15) is 18.1 Å². The maximum atomic E-state index is 12.9. The van der Waals surface area contributed by atoms with Crippen LogP contribution in [0.15, 0.2) is 53.3 Å². The molecule has 3 aliphatic rings. The number of nitrogen functional groups attached to an aromatic ring is 1. The molecule has 3 aromatic heterocycles. The van der Waals surface area contributed by atoms with Gasteiger partial charge in [0.05, 0.1) is 25.2 Å². The van der Waals surface area contributed by atoms with Crippen molar-refractivity contribution in [3.8, 4) is 5.75 Å². The van der Waals surface area contributed by atoms with Gasteiger partial charge >= 0.3 is 29.1 Å². The molecule has 11 atom stereocenters.